The van der Waals surface area contributed by atoms with Gasteiger partial charge in [-0.15, -0.1) is 11.3 Å². The molecule has 116 valence electrons. The molecular weight excluding hydrogens is 337 g/mol. The van der Waals surface area contributed by atoms with Crippen molar-refractivity contribution in [2.45, 2.75) is 6.18 Å². The summed E-state index contributed by atoms with van der Waals surface area (Å²) in [5.74, 6) is -0.428. The second kappa shape index (κ2) is 6.36. The van der Waals surface area contributed by atoms with E-state index in [4.69, 9.17) is 0 Å². The van der Waals surface area contributed by atoms with Crippen molar-refractivity contribution in [3.8, 4) is 0 Å². The van der Waals surface area contributed by atoms with E-state index < -0.39 is 17.8 Å². The first-order valence-electron chi connectivity index (χ1n) is 5.72. The fraction of sp³-hybridized carbons (Fsp3) is 0.167. The normalized spacial score (nSPS) is 13.5. The van der Waals surface area contributed by atoms with Crippen molar-refractivity contribution in [3.05, 3.63) is 26.5 Å². The van der Waals surface area contributed by atoms with E-state index >= 15 is 0 Å². The minimum absolute atomic E-state index is 0.134. The number of halogens is 3. The Kier molecular flexibility index (Phi) is 4.71. The molecule has 0 radical (unpaired) electrons. The number of thiazole rings is 2. The average Bonchev–Trinajstić information content (AvgIpc) is 3.04. The van der Waals surface area contributed by atoms with Gasteiger partial charge in [0, 0.05) is 7.05 Å². The van der Waals surface area contributed by atoms with Crippen LogP contribution in [0.3, 0.4) is 0 Å². The summed E-state index contributed by atoms with van der Waals surface area (Å²) in [7, 11) is 1.05. The van der Waals surface area contributed by atoms with E-state index in [9.17, 15) is 18.0 Å². The highest BCUT2D eigenvalue weighted by Crippen LogP contribution is 2.18. The van der Waals surface area contributed by atoms with Crippen molar-refractivity contribution in [1.29, 1.82) is 0 Å². The van der Waals surface area contributed by atoms with Crippen molar-refractivity contribution in [3.63, 3.8) is 0 Å². The van der Waals surface area contributed by atoms with Gasteiger partial charge in [-0.25, -0.2) is 4.98 Å². The quantitative estimate of drug-likeness (QED) is 0.860. The maximum Gasteiger partial charge on any atom is 0.432 e. The van der Waals surface area contributed by atoms with E-state index in [0.29, 0.717) is 4.88 Å². The Morgan fingerprint density at radius 3 is 2.77 bits per heavy atom. The van der Waals surface area contributed by atoms with Crippen LogP contribution in [-0.4, -0.2) is 34.8 Å². The third kappa shape index (κ3) is 3.77. The molecular formula is C12H9F3N4OS2. The predicted octanol–water partition coefficient (Wildman–Crippen LogP) is 1.68. The van der Waals surface area contributed by atoms with E-state index in [2.05, 4.69) is 26.9 Å². The number of anilines is 1. The van der Waals surface area contributed by atoms with Crippen LogP contribution in [0.15, 0.2) is 16.7 Å². The first-order valence-corrected chi connectivity index (χ1v) is 7.42. The zero-order chi connectivity index (χ0) is 16.3. The summed E-state index contributed by atoms with van der Waals surface area (Å²) < 4.78 is 38.2. The first-order chi connectivity index (χ1) is 10.3. The van der Waals surface area contributed by atoms with Gasteiger partial charge in [-0.1, -0.05) is 17.9 Å². The van der Waals surface area contributed by atoms with Crippen LogP contribution in [0.1, 0.15) is 9.67 Å². The number of nitrogens with zero attached hydrogens (tertiary/aromatic N) is 3. The number of aliphatic imine (C=N–C) groups is 1. The molecule has 0 aliphatic rings. The smallest absolute Gasteiger partial charge is 0.297 e. The van der Waals surface area contributed by atoms with Crippen molar-refractivity contribution in [2.24, 2.45) is 4.99 Å². The van der Waals surface area contributed by atoms with Gasteiger partial charge < -0.3 is 0 Å². The Morgan fingerprint density at radius 2 is 2.23 bits per heavy atom. The van der Waals surface area contributed by atoms with Gasteiger partial charge in [0.15, 0.2) is 5.13 Å². The van der Waals surface area contributed by atoms with E-state index in [-0.39, 0.29) is 15.0 Å². The van der Waals surface area contributed by atoms with Crippen molar-refractivity contribution in [1.82, 2.24) is 9.97 Å². The molecule has 1 amide bonds. The fourth-order valence-corrected chi connectivity index (χ4v) is 2.77. The Balaban J connectivity index is 2.29. The first kappa shape index (κ1) is 16.3. The second-order valence-corrected chi connectivity index (χ2v) is 5.82. The fourth-order valence-electron chi connectivity index (χ4n) is 1.41. The monoisotopic (exact) mass is 346 g/mol. The molecule has 0 bridgehead atoms. The number of alkyl halides is 3. The number of aromatic nitrogens is 2. The molecule has 0 atom stereocenters. The minimum Gasteiger partial charge on any atom is -0.297 e. The molecule has 0 aromatic carbocycles. The lowest BCUT2D eigenvalue weighted by Gasteiger charge is -2.03. The van der Waals surface area contributed by atoms with Crippen LogP contribution < -0.4 is 15.2 Å². The molecule has 1 N–H and O–H groups in total. The summed E-state index contributed by atoms with van der Waals surface area (Å²) in [6.45, 7) is 3.57. The topological polar surface area (TPSA) is 67.2 Å². The summed E-state index contributed by atoms with van der Waals surface area (Å²) in [4.78, 5) is 23.1. The van der Waals surface area contributed by atoms with Crippen LogP contribution in [-0.2, 0) is 0 Å². The highest BCUT2D eigenvalue weighted by molar-refractivity contribution is 7.14. The molecule has 5 nitrogen and oxygen atoms in total. The van der Waals surface area contributed by atoms with Gasteiger partial charge in [-0.05, 0) is 6.08 Å². The number of carbonyl (C=O) groups is 1. The zero-order valence-corrected chi connectivity index (χ0v) is 12.8. The molecule has 2 aromatic rings. The van der Waals surface area contributed by atoms with Crippen molar-refractivity contribution >= 4 is 52.1 Å². The summed E-state index contributed by atoms with van der Waals surface area (Å²) in [5, 5.41) is 2.79. The molecule has 2 heterocycles. The molecule has 22 heavy (non-hydrogen) atoms. The molecule has 2 rings (SSSR count). The van der Waals surface area contributed by atoms with Crippen molar-refractivity contribution < 1.29 is 18.0 Å². The standard InChI is InChI=1S/C12H9F3N4OS2/c1-6-7(3-9(16-2)12(13,14)15)22-11(18-6)19-10(20)8-4-17-5-21-8/h3-5H,1H2,2H3,(H,18,19,20)/b7-3+,16-9?. The van der Waals surface area contributed by atoms with E-state index in [1.807, 2.05) is 0 Å². The highest BCUT2D eigenvalue weighted by Gasteiger charge is 2.33. The molecule has 2 aromatic heterocycles. The van der Waals surface area contributed by atoms with Gasteiger partial charge in [0.1, 0.15) is 10.6 Å². The number of amides is 1. The molecule has 0 saturated heterocycles. The zero-order valence-electron chi connectivity index (χ0n) is 11.1. The molecule has 0 unspecified atom stereocenters. The molecule has 0 saturated carbocycles. The third-order valence-corrected chi connectivity index (χ3v) is 4.14. The van der Waals surface area contributed by atoms with Gasteiger partial charge in [0.25, 0.3) is 5.91 Å². The van der Waals surface area contributed by atoms with Crippen LogP contribution >= 0.6 is 22.7 Å². The van der Waals surface area contributed by atoms with Crippen LogP contribution in [0.5, 0.6) is 0 Å². The molecule has 10 heteroatoms. The largest absolute Gasteiger partial charge is 0.432 e. The van der Waals surface area contributed by atoms with Crippen LogP contribution in [0.4, 0.5) is 18.3 Å². The number of rotatable bonds is 3. The lowest BCUT2D eigenvalue weighted by atomic mass is 10.3. The molecule has 0 aliphatic carbocycles. The van der Waals surface area contributed by atoms with Gasteiger partial charge in [-0.3, -0.25) is 20.1 Å². The lowest BCUT2D eigenvalue weighted by Crippen LogP contribution is -2.27. The maximum atomic E-state index is 12.7. The maximum absolute atomic E-state index is 12.7. The average molecular weight is 346 g/mol. The number of hydrogen-bond acceptors (Lipinski definition) is 6. The van der Waals surface area contributed by atoms with E-state index in [1.165, 1.54) is 11.7 Å². The van der Waals surface area contributed by atoms with Gasteiger partial charge in [-0.2, -0.15) is 13.2 Å². The number of hydrogen-bond donors (Lipinski definition) is 1. The van der Waals surface area contributed by atoms with Crippen LogP contribution in [0.25, 0.3) is 12.7 Å². The Hall–Kier alpha value is -2.07. The molecule has 0 spiro atoms. The van der Waals surface area contributed by atoms with Gasteiger partial charge in [0.2, 0.25) is 0 Å². The summed E-state index contributed by atoms with van der Waals surface area (Å²) >= 11 is 2.03. The number of carbonyl (C=O) groups excluding carboxylic acids is 1. The second-order valence-electron chi connectivity index (χ2n) is 3.90. The number of nitrogens with one attached hydrogen (secondary N) is 1. The van der Waals surface area contributed by atoms with E-state index in [0.717, 1.165) is 35.8 Å². The Bertz CT molecular complexity index is 809. The van der Waals surface area contributed by atoms with Crippen LogP contribution in [0, 0.1) is 0 Å². The van der Waals surface area contributed by atoms with Crippen molar-refractivity contribution in [2.75, 3.05) is 12.4 Å². The highest BCUT2D eigenvalue weighted by atomic mass is 32.1. The molecule has 0 fully saturated rings. The minimum atomic E-state index is -4.56. The molecule has 0 aliphatic heterocycles. The Labute approximate surface area is 130 Å². The summed E-state index contributed by atoms with van der Waals surface area (Å²) in [6, 6.07) is 0. The van der Waals surface area contributed by atoms with E-state index in [1.54, 1.807) is 0 Å². The van der Waals surface area contributed by atoms with Crippen LogP contribution in [0.2, 0.25) is 0 Å². The van der Waals surface area contributed by atoms with Gasteiger partial charge in [0.05, 0.1) is 21.6 Å². The summed E-state index contributed by atoms with van der Waals surface area (Å²) in [5.41, 5.74) is 0.456. The van der Waals surface area contributed by atoms with Gasteiger partial charge >= 0.3 is 6.18 Å². The Morgan fingerprint density at radius 1 is 1.50 bits per heavy atom. The third-order valence-electron chi connectivity index (χ3n) is 2.40. The predicted molar refractivity (Wildman–Crippen MR) is 80.8 cm³/mol. The lowest BCUT2D eigenvalue weighted by molar-refractivity contribution is -0.0569. The summed E-state index contributed by atoms with van der Waals surface area (Å²) in [6.07, 6.45) is -2.32. The SMILES string of the molecule is C=c1nc(NC(=O)c2cncs2)s/c1=C/C(=NC)C(F)(F)F.